The molecule has 0 unspecified atom stereocenters. The fourth-order valence-electron chi connectivity index (χ4n) is 3.28. The van der Waals surface area contributed by atoms with Gasteiger partial charge in [-0.25, -0.2) is 0 Å². The van der Waals surface area contributed by atoms with Crippen molar-refractivity contribution in [3.05, 3.63) is 94.4 Å². The lowest BCUT2D eigenvalue weighted by Crippen LogP contribution is -2.39. The third-order valence-electron chi connectivity index (χ3n) is 4.87. The summed E-state index contributed by atoms with van der Waals surface area (Å²) >= 11 is 5.65. The summed E-state index contributed by atoms with van der Waals surface area (Å²) in [7, 11) is 1.62. The van der Waals surface area contributed by atoms with E-state index in [9.17, 15) is 4.79 Å². The van der Waals surface area contributed by atoms with Crippen molar-refractivity contribution in [3.8, 4) is 5.75 Å². The van der Waals surface area contributed by atoms with Crippen LogP contribution in [0.15, 0.2) is 76.4 Å². The Hall–Kier alpha value is -3.65. The molecule has 0 atom stereocenters. The number of nitrogens with one attached hydrogen (secondary N) is 2. The zero-order valence-corrected chi connectivity index (χ0v) is 17.8. The van der Waals surface area contributed by atoms with Crippen LogP contribution >= 0.6 is 12.2 Å². The quantitative estimate of drug-likeness (QED) is 0.430. The first-order valence-electron chi connectivity index (χ1n) is 9.76. The molecule has 2 N–H and O–H groups in total. The molecule has 4 aromatic rings. The predicted molar refractivity (Wildman–Crippen MR) is 123 cm³/mol. The number of aromatic nitrogens is 2. The van der Waals surface area contributed by atoms with Crippen LogP contribution in [0.1, 0.15) is 16.9 Å². The minimum atomic E-state index is -0.150. The molecule has 0 saturated heterocycles. The highest BCUT2D eigenvalue weighted by atomic mass is 32.1. The van der Waals surface area contributed by atoms with Gasteiger partial charge in [0.2, 0.25) is 0 Å². The molecule has 3 heterocycles. The van der Waals surface area contributed by atoms with Crippen LogP contribution < -0.4 is 15.6 Å². The zero-order valence-electron chi connectivity index (χ0n) is 17.0. The Bertz CT molecular complexity index is 1220. The van der Waals surface area contributed by atoms with Gasteiger partial charge in [-0.05, 0) is 60.2 Å². The molecule has 0 saturated carbocycles. The van der Waals surface area contributed by atoms with E-state index in [0.717, 1.165) is 28.0 Å². The molecule has 0 spiro atoms. The molecule has 0 aliphatic heterocycles. The summed E-state index contributed by atoms with van der Waals surface area (Å²) in [6.45, 7) is 1.30. The second-order valence-electron chi connectivity index (χ2n) is 7.03. The summed E-state index contributed by atoms with van der Waals surface area (Å²) in [6.07, 6.45) is 5.14. The van der Waals surface area contributed by atoms with E-state index in [1.54, 1.807) is 25.8 Å². The highest BCUT2D eigenvalue weighted by Crippen LogP contribution is 2.19. The Morgan fingerprint density at radius 1 is 1.23 bits per heavy atom. The van der Waals surface area contributed by atoms with Gasteiger partial charge < -0.3 is 24.4 Å². The number of aromatic amines is 1. The first-order valence-corrected chi connectivity index (χ1v) is 10.2. The molecule has 0 aliphatic carbocycles. The normalized spacial score (nSPS) is 10.7. The number of rotatable bonds is 7. The lowest BCUT2D eigenvalue weighted by atomic mass is 10.1. The number of ether oxygens (including phenoxy) is 1. The Kier molecular flexibility index (Phi) is 6.28. The Labute approximate surface area is 184 Å². The highest BCUT2D eigenvalue weighted by molar-refractivity contribution is 7.80. The fraction of sp³-hybridized carbons (Fsp3) is 0.174. The molecule has 0 bridgehead atoms. The largest absolute Gasteiger partial charge is 0.497 e. The third-order valence-corrected chi connectivity index (χ3v) is 5.27. The van der Waals surface area contributed by atoms with Crippen molar-refractivity contribution >= 4 is 28.2 Å². The molecule has 4 rings (SSSR count). The molecule has 7 nitrogen and oxygen atoms in total. The summed E-state index contributed by atoms with van der Waals surface area (Å²) in [4.78, 5) is 21.8. The average molecular weight is 435 g/mol. The standard InChI is InChI=1S/C23H22N4O3S/c1-29-19-6-7-21-17(11-19)10-18(22(28)26-21)15-27(14-16-4-2-8-24-12-16)23(31)25-13-20-5-3-9-30-20/h2-12H,13-15H2,1H3,(H,25,31)(H,26,28). The molecule has 0 radical (unpaired) electrons. The first-order chi connectivity index (χ1) is 15.1. The Balaban J connectivity index is 1.60. The molecule has 0 fully saturated rings. The van der Waals surface area contributed by atoms with Crippen molar-refractivity contribution in [1.29, 1.82) is 0 Å². The molecule has 31 heavy (non-hydrogen) atoms. The van der Waals surface area contributed by atoms with E-state index < -0.39 is 0 Å². The smallest absolute Gasteiger partial charge is 0.253 e. The minimum absolute atomic E-state index is 0.150. The van der Waals surface area contributed by atoms with Gasteiger partial charge in [-0.3, -0.25) is 9.78 Å². The van der Waals surface area contributed by atoms with Gasteiger partial charge in [-0.1, -0.05) is 6.07 Å². The van der Waals surface area contributed by atoms with Crippen molar-refractivity contribution in [1.82, 2.24) is 20.2 Å². The van der Waals surface area contributed by atoms with Crippen LogP contribution in [0.4, 0.5) is 0 Å². The number of hydrogen-bond donors (Lipinski definition) is 2. The maximum atomic E-state index is 12.7. The lowest BCUT2D eigenvalue weighted by molar-refractivity contribution is 0.393. The number of methoxy groups -OCH3 is 1. The Morgan fingerprint density at radius 2 is 2.13 bits per heavy atom. The SMILES string of the molecule is COc1ccc2[nH]c(=O)c(CN(Cc3cccnc3)C(=S)NCc3ccco3)cc2c1. The van der Waals surface area contributed by atoms with Crippen LogP contribution in [0.3, 0.4) is 0 Å². The van der Waals surface area contributed by atoms with Gasteiger partial charge in [-0.15, -0.1) is 0 Å². The first kappa shape index (κ1) is 20.6. The van der Waals surface area contributed by atoms with E-state index in [2.05, 4.69) is 15.3 Å². The van der Waals surface area contributed by atoms with E-state index in [-0.39, 0.29) is 5.56 Å². The Morgan fingerprint density at radius 3 is 2.87 bits per heavy atom. The number of fused-ring (bicyclic) bond motifs is 1. The van der Waals surface area contributed by atoms with Gasteiger partial charge in [0.15, 0.2) is 5.11 Å². The van der Waals surface area contributed by atoms with Crippen molar-refractivity contribution in [2.24, 2.45) is 0 Å². The average Bonchev–Trinajstić information content (AvgIpc) is 3.31. The topological polar surface area (TPSA) is 83.4 Å². The third kappa shape index (κ3) is 5.10. The summed E-state index contributed by atoms with van der Waals surface area (Å²) in [5.74, 6) is 1.51. The van der Waals surface area contributed by atoms with Crippen molar-refractivity contribution in [3.63, 3.8) is 0 Å². The second kappa shape index (κ2) is 9.44. The van der Waals surface area contributed by atoms with E-state index in [1.807, 2.05) is 53.4 Å². The maximum absolute atomic E-state index is 12.7. The summed E-state index contributed by atoms with van der Waals surface area (Å²) in [5.41, 5.74) is 2.20. The minimum Gasteiger partial charge on any atom is -0.497 e. The van der Waals surface area contributed by atoms with Gasteiger partial charge in [0.05, 0.1) is 26.5 Å². The molecular weight excluding hydrogens is 412 g/mol. The number of H-pyrrole nitrogens is 1. The van der Waals surface area contributed by atoms with E-state index in [0.29, 0.717) is 30.3 Å². The molecule has 0 amide bonds. The second-order valence-corrected chi connectivity index (χ2v) is 7.42. The number of furan rings is 1. The van der Waals surface area contributed by atoms with Crippen molar-refractivity contribution in [2.75, 3.05) is 7.11 Å². The number of benzene rings is 1. The van der Waals surface area contributed by atoms with E-state index >= 15 is 0 Å². The number of hydrogen-bond acceptors (Lipinski definition) is 5. The van der Waals surface area contributed by atoms with Crippen LogP contribution in [-0.2, 0) is 19.6 Å². The number of pyridine rings is 2. The van der Waals surface area contributed by atoms with Crippen LogP contribution in [-0.4, -0.2) is 27.1 Å². The summed E-state index contributed by atoms with van der Waals surface area (Å²) in [6, 6.07) is 15.0. The highest BCUT2D eigenvalue weighted by Gasteiger charge is 2.15. The lowest BCUT2D eigenvalue weighted by Gasteiger charge is -2.25. The molecule has 8 heteroatoms. The molecule has 0 aliphatic rings. The molecule has 3 aromatic heterocycles. The van der Waals surface area contributed by atoms with Crippen LogP contribution in [0.25, 0.3) is 10.9 Å². The zero-order chi connectivity index (χ0) is 21.6. The van der Waals surface area contributed by atoms with Gasteiger partial charge in [0.25, 0.3) is 5.56 Å². The van der Waals surface area contributed by atoms with Gasteiger partial charge in [-0.2, -0.15) is 0 Å². The van der Waals surface area contributed by atoms with Crippen LogP contribution in [0.2, 0.25) is 0 Å². The predicted octanol–water partition coefficient (Wildman–Crippen LogP) is 3.60. The van der Waals surface area contributed by atoms with Gasteiger partial charge in [0.1, 0.15) is 11.5 Å². The van der Waals surface area contributed by atoms with E-state index in [4.69, 9.17) is 21.4 Å². The van der Waals surface area contributed by atoms with E-state index in [1.165, 1.54) is 0 Å². The van der Waals surface area contributed by atoms with Gasteiger partial charge in [0, 0.05) is 35.4 Å². The molecule has 158 valence electrons. The number of nitrogens with zero attached hydrogens (tertiary/aromatic N) is 2. The molecule has 1 aromatic carbocycles. The fourth-order valence-corrected chi connectivity index (χ4v) is 3.48. The number of thiocarbonyl (C=S) groups is 1. The van der Waals surface area contributed by atoms with Crippen molar-refractivity contribution in [2.45, 2.75) is 19.6 Å². The summed E-state index contributed by atoms with van der Waals surface area (Å²) in [5, 5.41) is 4.62. The van der Waals surface area contributed by atoms with Crippen LogP contribution in [0, 0.1) is 0 Å². The van der Waals surface area contributed by atoms with Crippen LogP contribution in [0.5, 0.6) is 5.75 Å². The van der Waals surface area contributed by atoms with Gasteiger partial charge >= 0.3 is 0 Å². The monoisotopic (exact) mass is 434 g/mol. The summed E-state index contributed by atoms with van der Waals surface area (Å²) < 4.78 is 10.7. The van der Waals surface area contributed by atoms with Crippen molar-refractivity contribution < 1.29 is 9.15 Å². The maximum Gasteiger partial charge on any atom is 0.253 e. The molecular formula is C23H22N4O3S.